The highest BCUT2D eigenvalue weighted by molar-refractivity contribution is 7.07. The second-order valence-corrected chi connectivity index (χ2v) is 5.34. The van der Waals surface area contributed by atoms with Crippen molar-refractivity contribution in [3.05, 3.63) is 52.2 Å². The zero-order chi connectivity index (χ0) is 12.4. The first-order valence-electron chi connectivity index (χ1n) is 6.07. The average Bonchev–Trinajstić information content (AvgIpc) is 3.05. The van der Waals surface area contributed by atoms with Gasteiger partial charge in [0.2, 0.25) is 0 Å². The van der Waals surface area contributed by atoms with Gasteiger partial charge >= 0.3 is 0 Å². The van der Waals surface area contributed by atoms with Gasteiger partial charge in [-0.25, -0.2) is 0 Å². The van der Waals surface area contributed by atoms with Crippen LogP contribution in [0.5, 0.6) is 5.75 Å². The molecular weight excluding hydrogens is 244 g/mol. The van der Waals surface area contributed by atoms with Crippen LogP contribution < -0.4 is 16.0 Å². The predicted octanol–water partition coefficient (Wildman–Crippen LogP) is 2.30. The molecule has 18 heavy (non-hydrogen) atoms. The Labute approximate surface area is 111 Å². The summed E-state index contributed by atoms with van der Waals surface area (Å²) in [6, 6.07) is 10.6. The maximum Gasteiger partial charge on any atom is 0.122 e. The van der Waals surface area contributed by atoms with Crippen LogP contribution in [0.2, 0.25) is 0 Å². The lowest BCUT2D eigenvalue weighted by Gasteiger charge is -2.21. The second-order valence-electron chi connectivity index (χ2n) is 4.56. The van der Waals surface area contributed by atoms with Crippen LogP contribution in [0, 0.1) is 0 Å². The molecule has 0 saturated carbocycles. The molecular formula is C14H16N2OS. The number of para-hydroxylation sites is 1. The van der Waals surface area contributed by atoms with Gasteiger partial charge in [0, 0.05) is 17.5 Å². The van der Waals surface area contributed by atoms with Gasteiger partial charge in [-0.15, -0.1) is 0 Å². The van der Waals surface area contributed by atoms with Crippen molar-refractivity contribution < 1.29 is 4.74 Å². The third-order valence-corrected chi connectivity index (χ3v) is 4.20. The van der Waals surface area contributed by atoms with E-state index in [1.807, 2.05) is 12.1 Å². The van der Waals surface area contributed by atoms with E-state index in [1.165, 1.54) is 11.1 Å². The number of ether oxygens (including phenoxy) is 1. The van der Waals surface area contributed by atoms with E-state index in [-0.39, 0.29) is 6.04 Å². The summed E-state index contributed by atoms with van der Waals surface area (Å²) in [6.07, 6.45) is 0.933. The van der Waals surface area contributed by atoms with E-state index in [0.717, 1.165) is 12.2 Å². The van der Waals surface area contributed by atoms with Crippen LogP contribution in [-0.2, 0) is 6.42 Å². The quantitative estimate of drug-likeness (QED) is 0.655. The van der Waals surface area contributed by atoms with E-state index in [2.05, 4.69) is 34.4 Å². The van der Waals surface area contributed by atoms with Crippen LogP contribution in [0.4, 0.5) is 0 Å². The molecule has 0 bridgehead atoms. The minimum atomic E-state index is 0.211. The van der Waals surface area contributed by atoms with Gasteiger partial charge < -0.3 is 4.74 Å². The molecule has 0 saturated heterocycles. The van der Waals surface area contributed by atoms with Crippen molar-refractivity contribution >= 4 is 11.3 Å². The van der Waals surface area contributed by atoms with Gasteiger partial charge in [0.25, 0.3) is 0 Å². The Balaban J connectivity index is 1.81. The van der Waals surface area contributed by atoms with Gasteiger partial charge in [0.05, 0.1) is 6.61 Å². The highest BCUT2D eigenvalue weighted by atomic mass is 32.1. The lowest BCUT2D eigenvalue weighted by atomic mass is 9.90. The van der Waals surface area contributed by atoms with E-state index in [4.69, 9.17) is 10.6 Å². The smallest absolute Gasteiger partial charge is 0.122 e. The molecule has 2 unspecified atom stereocenters. The molecule has 0 spiro atoms. The van der Waals surface area contributed by atoms with Gasteiger partial charge in [-0.3, -0.25) is 11.3 Å². The van der Waals surface area contributed by atoms with Crippen LogP contribution in [0.25, 0.3) is 0 Å². The van der Waals surface area contributed by atoms with Crippen LogP contribution in [0.1, 0.15) is 17.0 Å². The summed E-state index contributed by atoms with van der Waals surface area (Å²) in [5.74, 6) is 7.04. The van der Waals surface area contributed by atoms with Crippen molar-refractivity contribution in [2.75, 3.05) is 6.61 Å². The van der Waals surface area contributed by atoms with E-state index < -0.39 is 0 Å². The summed E-state index contributed by atoms with van der Waals surface area (Å²) in [7, 11) is 0. The lowest BCUT2D eigenvalue weighted by Crippen LogP contribution is -2.41. The zero-order valence-electron chi connectivity index (χ0n) is 10.0. The molecule has 0 aliphatic carbocycles. The number of hydrazine groups is 1. The summed E-state index contributed by atoms with van der Waals surface area (Å²) in [6.45, 7) is 0.707. The summed E-state index contributed by atoms with van der Waals surface area (Å²) >= 11 is 1.72. The van der Waals surface area contributed by atoms with Gasteiger partial charge in [0.15, 0.2) is 0 Å². The largest absolute Gasteiger partial charge is 0.493 e. The van der Waals surface area contributed by atoms with Crippen molar-refractivity contribution in [1.82, 2.24) is 5.43 Å². The molecule has 2 atom stereocenters. The van der Waals surface area contributed by atoms with E-state index in [0.29, 0.717) is 12.5 Å². The average molecular weight is 260 g/mol. The maximum atomic E-state index is 5.72. The number of hydrogen-bond acceptors (Lipinski definition) is 4. The molecule has 1 aliphatic rings. The highest BCUT2D eigenvalue weighted by Crippen LogP contribution is 2.36. The maximum absolute atomic E-state index is 5.72. The Morgan fingerprint density at radius 3 is 3.06 bits per heavy atom. The molecule has 1 aromatic carbocycles. The van der Waals surface area contributed by atoms with Crippen LogP contribution in [-0.4, -0.2) is 12.6 Å². The van der Waals surface area contributed by atoms with Gasteiger partial charge in [-0.1, -0.05) is 18.2 Å². The van der Waals surface area contributed by atoms with Gasteiger partial charge in [0.1, 0.15) is 5.75 Å². The molecule has 0 amide bonds. The third-order valence-electron chi connectivity index (χ3n) is 3.47. The summed E-state index contributed by atoms with van der Waals surface area (Å²) in [5, 5.41) is 4.27. The fourth-order valence-corrected chi connectivity index (χ4v) is 3.18. The number of fused-ring (bicyclic) bond motifs is 1. The Morgan fingerprint density at radius 2 is 2.28 bits per heavy atom. The van der Waals surface area contributed by atoms with Crippen molar-refractivity contribution in [2.24, 2.45) is 5.84 Å². The molecule has 1 aromatic heterocycles. The standard InChI is InChI=1S/C14H16N2OS/c15-16-13(7-10-5-6-18-9-10)12-8-17-14-4-2-1-3-11(12)14/h1-6,9,12-13,16H,7-8,15H2. The highest BCUT2D eigenvalue weighted by Gasteiger charge is 2.30. The number of nitrogens with one attached hydrogen (secondary N) is 1. The molecule has 94 valence electrons. The van der Waals surface area contributed by atoms with Crippen LogP contribution in [0.3, 0.4) is 0 Å². The number of nitrogens with two attached hydrogens (primary N) is 1. The van der Waals surface area contributed by atoms with E-state index in [9.17, 15) is 0 Å². The van der Waals surface area contributed by atoms with E-state index in [1.54, 1.807) is 11.3 Å². The first kappa shape index (κ1) is 11.7. The molecule has 3 nitrogen and oxygen atoms in total. The molecule has 1 aliphatic heterocycles. The number of thiophene rings is 1. The second kappa shape index (κ2) is 5.10. The zero-order valence-corrected chi connectivity index (χ0v) is 10.8. The van der Waals surface area contributed by atoms with Crippen molar-refractivity contribution in [2.45, 2.75) is 18.4 Å². The van der Waals surface area contributed by atoms with E-state index >= 15 is 0 Å². The van der Waals surface area contributed by atoms with Crippen molar-refractivity contribution in [3.8, 4) is 5.75 Å². The summed E-state index contributed by atoms with van der Waals surface area (Å²) in [4.78, 5) is 0. The molecule has 3 rings (SSSR count). The molecule has 2 heterocycles. The van der Waals surface area contributed by atoms with Crippen LogP contribution >= 0.6 is 11.3 Å². The topological polar surface area (TPSA) is 47.3 Å². The lowest BCUT2D eigenvalue weighted by molar-refractivity contribution is 0.298. The number of benzene rings is 1. The van der Waals surface area contributed by atoms with Crippen molar-refractivity contribution in [1.29, 1.82) is 0 Å². The van der Waals surface area contributed by atoms with Gasteiger partial charge in [-0.2, -0.15) is 11.3 Å². The molecule has 0 fully saturated rings. The fourth-order valence-electron chi connectivity index (χ4n) is 2.50. The number of hydrogen-bond donors (Lipinski definition) is 2. The molecule has 3 N–H and O–H groups in total. The Morgan fingerprint density at radius 1 is 1.39 bits per heavy atom. The number of rotatable bonds is 4. The monoisotopic (exact) mass is 260 g/mol. The normalized spacial score (nSPS) is 19.3. The minimum absolute atomic E-state index is 0.211. The third kappa shape index (κ3) is 2.14. The Kier molecular flexibility index (Phi) is 3.32. The minimum Gasteiger partial charge on any atom is -0.493 e. The van der Waals surface area contributed by atoms with Crippen molar-refractivity contribution in [3.63, 3.8) is 0 Å². The van der Waals surface area contributed by atoms with Crippen LogP contribution in [0.15, 0.2) is 41.1 Å². The Bertz CT molecular complexity index is 512. The summed E-state index contributed by atoms with van der Waals surface area (Å²) < 4.78 is 5.72. The SMILES string of the molecule is NNC(Cc1ccsc1)C1COc2ccccc21. The molecule has 2 aromatic rings. The fraction of sp³-hybridized carbons (Fsp3) is 0.286. The summed E-state index contributed by atoms with van der Waals surface area (Å²) in [5.41, 5.74) is 5.53. The van der Waals surface area contributed by atoms with Gasteiger partial charge in [-0.05, 0) is 34.9 Å². The molecule has 0 radical (unpaired) electrons. The molecule has 4 heteroatoms. The Hall–Kier alpha value is -1.36. The predicted molar refractivity (Wildman–Crippen MR) is 73.8 cm³/mol. The first-order valence-corrected chi connectivity index (χ1v) is 7.01. The first-order chi connectivity index (χ1) is 8.88.